The fourth-order valence-corrected chi connectivity index (χ4v) is 3.09. The lowest BCUT2D eigenvalue weighted by molar-refractivity contribution is -0.147. The molecule has 2 aliphatic heterocycles. The van der Waals surface area contributed by atoms with Crippen LogP contribution < -0.4 is 5.32 Å². The van der Waals surface area contributed by atoms with Gasteiger partial charge in [0.2, 0.25) is 0 Å². The van der Waals surface area contributed by atoms with E-state index in [9.17, 15) is 4.79 Å². The Balaban J connectivity index is 1.52. The standard InChI is InChI=1S/C16H24N4O2/c1-13(14-3-2-4-17-11-14)19-6-8-20(9-7-19)16(21)15-12-18-5-10-22-15/h2-4,11,13,15,18H,5-10,12H2,1H3. The van der Waals surface area contributed by atoms with Crippen LogP contribution in [0, 0.1) is 0 Å². The number of nitrogens with one attached hydrogen (secondary N) is 1. The second-order valence-electron chi connectivity index (χ2n) is 5.89. The molecule has 2 saturated heterocycles. The molecule has 1 aromatic rings. The van der Waals surface area contributed by atoms with Gasteiger partial charge in [-0.15, -0.1) is 0 Å². The third-order valence-electron chi connectivity index (χ3n) is 4.54. The first-order valence-corrected chi connectivity index (χ1v) is 8.01. The average Bonchev–Trinajstić information content (AvgIpc) is 2.62. The lowest BCUT2D eigenvalue weighted by Gasteiger charge is -2.39. The zero-order valence-corrected chi connectivity index (χ0v) is 13.1. The number of pyridine rings is 1. The molecule has 120 valence electrons. The van der Waals surface area contributed by atoms with Gasteiger partial charge in [0, 0.05) is 57.7 Å². The Morgan fingerprint density at radius 1 is 1.41 bits per heavy atom. The Bertz CT molecular complexity index is 482. The number of piperazine rings is 1. The molecule has 0 aliphatic carbocycles. The topological polar surface area (TPSA) is 57.7 Å². The van der Waals surface area contributed by atoms with E-state index >= 15 is 0 Å². The van der Waals surface area contributed by atoms with Crippen LogP contribution in [0.2, 0.25) is 0 Å². The minimum Gasteiger partial charge on any atom is -0.366 e. The smallest absolute Gasteiger partial charge is 0.253 e. The molecule has 2 unspecified atom stereocenters. The second kappa shape index (κ2) is 7.17. The Morgan fingerprint density at radius 2 is 2.23 bits per heavy atom. The molecule has 2 atom stereocenters. The molecule has 6 heteroatoms. The number of hydrogen-bond donors (Lipinski definition) is 1. The van der Waals surface area contributed by atoms with Crippen LogP contribution in [0.1, 0.15) is 18.5 Å². The predicted molar refractivity (Wildman–Crippen MR) is 83.4 cm³/mol. The van der Waals surface area contributed by atoms with E-state index in [-0.39, 0.29) is 12.0 Å². The van der Waals surface area contributed by atoms with Gasteiger partial charge in [0.15, 0.2) is 0 Å². The van der Waals surface area contributed by atoms with Crippen molar-refractivity contribution in [3.8, 4) is 0 Å². The lowest BCUT2D eigenvalue weighted by Crippen LogP contribution is -2.55. The third kappa shape index (κ3) is 3.45. The summed E-state index contributed by atoms with van der Waals surface area (Å²) in [5.41, 5.74) is 1.22. The fourth-order valence-electron chi connectivity index (χ4n) is 3.09. The summed E-state index contributed by atoms with van der Waals surface area (Å²) in [5, 5.41) is 3.21. The highest BCUT2D eigenvalue weighted by Crippen LogP contribution is 2.21. The molecule has 22 heavy (non-hydrogen) atoms. The molecule has 6 nitrogen and oxygen atoms in total. The van der Waals surface area contributed by atoms with Crippen molar-refractivity contribution in [1.29, 1.82) is 0 Å². The van der Waals surface area contributed by atoms with Crippen molar-refractivity contribution in [2.24, 2.45) is 0 Å². The molecule has 2 aliphatic rings. The van der Waals surface area contributed by atoms with Crippen LogP contribution in [-0.2, 0) is 9.53 Å². The number of amides is 1. The van der Waals surface area contributed by atoms with Crippen LogP contribution in [0.3, 0.4) is 0 Å². The second-order valence-corrected chi connectivity index (χ2v) is 5.89. The first kappa shape index (κ1) is 15.4. The monoisotopic (exact) mass is 304 g/mol. The number of morpholine rings is 1. The molecular weight excluding hydrogens is 280 g/mol. The van der Waals surface area contributed by atoms with E-state index in [4.69, 9.17) is 4.74 Å². The first-order chi connectivity index (χ1) is 10.8. The van der Waals surface area contributed by atoms with Gasteiger partial charge >= 0.3 is 0 Å². The minimum atomic E-state index is -0.309. The quantitative estimate of drug-likeness (QED) is 0.869. The number of ether oxygens (including phenoxy) is 1. The zero-order chi connectivity index (χ0) is 15.4. The minimum absolute atomic E-state index is 0.126. The zero-order valence-electron chi connectivity index (χ0n) is 13.1. The molecule has 3 rings (SSSR count). The molecule has 1 N–H and O–H groups in total. The van der Waals surface area contributed by atoms with Gasteiger partial charge in [0.1, 0.15) is 6.10 Å². The van der Waals surface area contributed by atoms with Crippen LogP contribution >= 0.6 is 0 Å². The maximum atomic E-state index is 12.4. The molecule has 2 fully saturated rings. The largest absolute Gasteiger partial charge is 0.366 e. The molecule has 0 radical (unpaired) electrons. The van der Waals surface area contributed by atoms with Crippen LogP contribution in [0.25, 0.3) is 0 Å². The number of nitrogens with zero attached hydrogens (tertiary/aromatic N) is 3. The Labute approximate surface area is 131 Å². The van der Waals surface area contributed by atoms with Crippen molar-refractivity contribution in [1.82, 2.24) is 20.1 Å². The SMILES string of the molecule is CC(c1cccnc1)N1CCN(C(=O)C2CNCCO2)CC1. The number of hydrogen-bond acceptors (Lipinski definition) is 5. The summed E-state index contributed by atoms with van der Waals surface area (Å²) in [4.78, 5) is 21.0. The van der Waals surface area contributed by atoms with Gasteiger partial charge < -0.3 is 15.0 Å². The molecule has 0 bridgehead atoms. The van der Waals surface area contributed by atoms with Gasteiger partial charge in [-0.1, -0.05) is 6.07 Å². The highest BCUT2D eigenvalue weighted by Gasteiger charge is 2.30. The summed E-state index contributed by atoms with van der Waals surface area (Å²) in [6, 6.07) is 4.41. The third-order valence-corrected chi connectivity index (χ3v) is 4.54. The van der Waals surface area contributed by atoms with Crippen LogP contribution in [0.5, 0.6) is 0 Å². The molecule has 0 spiro atoms. The van der Waals surface area contributed by atoms with Gasteiger partial charge in [0.05, 0.1) is 6.61 Å². The average molecular weight is 304 g/mol. The van der Waals surface area contributed by atoms with E-state index in [0.717, 1.165) is 32.7 Å². The number of aromatic nitrogens is 1. The highest BCUT2D eigenvalue weighted by atomic mass is 16.5. The van der Waals surface area contributed by atoms with E-state index in [1.54, 1.807) is 6.20 Å². The van der Waals surface area contributed by atoms with E-state index in [0.29, 0.717) is 19.2 Å². The van der Waals surface area contributed by atoms with E-state index in [2.05, 4.69) is 28.2 Å². The van der Waals surface area contributed by atoms with Crippen molar-refractivity contribution < 1.29 is 9.53 Å². The predicted octanol–water partition coefficient (Wildman–Crippen LogP) is 0.275. The number of carbonyl (C=O) groups is 1. The molecule has 1 aromatic heterocycles. The van der Waals surface area contributed by atoms with Gasteiger partial charge in [-0.05, 0) is 18.6 Å². The summed E-state index contributed by atoms with van der Waals surface area (Å²) in [6.45, 7) is 7.60. The van der Waals surface area contributed by atoms with Crippen molar-refractivity contribution >= 4 is 5.91 Å². The fraction of sp³-hybridized carbons (Fsp3) is 0.625. The van der Waals surface area contributed by atoms with Crippen molar-refractivity contribution in [3.05, 3.63) is 30.1 Å². The highest BCUT2D eigenvalue weighted by molar-refractivity contribution is 5.81. The Kier molecular flexibility index (Phi) is 5.02. The summed E-state index contributed by atoms with van der Waals surface area (Å²) in [7, 11) is 0. The van der Waals surface area contributed by atoms with Crippen molar-refractivity contribution in [3.63, 3.8) is 0 Å². The van der Waals surface area contributed by atoms with E-state index < -0.39 is 0 Å². The van der Waals surface area contributed by atoms with Crippen LogP contribution in [0.4, 0.5) is 0 Å². The molecule has 1 amide bonds. The number of carbonyl (C=O) groups excluding carboxylic acids is 1. The molecular formula is C16H24N4O2. The molecule has 0 aromatic carbocycles. The van der Waals surface area contributed by atoms with Crippen molar-refractivity contribution in [2.45, 2.75) is 19.1 Å². The Hall–Kier alpha value is -1.50. The van der Waals surface area contributed by atoms with Gasteiger partial charge in [0.25, 0.3) is 5.91 Å². The Morgan fingerprint density at radius 3 is 2.86 bits per heavy atom. The summed E-state index contributed by atoms with van der Waals surface area (Å²) in [6.07, 6.45) is 3.41. The normalized spacial score (nSPS) is 25.0. The van der Waals surface area contributed by atoms with Crippen molar-refractivity contribution in [2.75, 3.05) is 45.9 Å². The van der Waals surface area contributed by atoms with Gasteiger partial charge in [-0.25, -0.2) is 0 Å². The van der Waals surface area contributed by atoms with Crippen LogP contribution in [0.15, 0.2) is 24.5 Å². The summed E-state index contributed by atoms with van der Waals surface area (Å²) < 4.78 is 5.56. The maximum absolute atomic E-state index is 12.4. The van der Waals surface area contributed by atoms with E-state index in [1.165, 1.54) is 5.56 Å². The van der Waals surface area contributed by atoms with Crippen LogP contribution in [-0.4, -0.2) is 72.7 Å². The molecule has 3 heterocycles. The molecule has 0 saturated carbocycles. The first-order valence-electron chi connectivity index (χ1n) is 8.01. The van der Waals surface area contributed by atoms with Gasteiger partial charge in [-0.3, -0.25) is 14.7 Å². The van der Waals surface area contributed by atoms with Gasteiger partial charge in [-0.2, -0.15) is 0 Å². The number of rotatable bonds is 3. The lowest BCUT2D eigenvalue weighted by atomic mass is 10.1. The summed E-state index contributed by atoms with van der Waals surface area (Å²) >= 11 is 0. The summed E-state index contributed by atoms with van der Waals surface area (Å²) in [5.74, 6) is 0.126. The maximum Gasteiger partial charge on any atom is 0.253 e. The van der Waals surface area contributed by atoms with E-state index in [1.807, 2.05) is 17.2 Å².